The van der Waals surface area contributed by atoms with E-state index in [0.717, 1.165) is 5.82 Å². The van der Waals surface area contributed by atoms with E-state index in [1.807, 2.05) is 23.6 Å². The zero-order valence-electron chi connectivity index (χ0n) is 13.2. The molecule has 1 aromatic heterocycles. The van der Waals surface area contributed by atoms with Gasteiger partial charge in [0, 0.05) is 30.7 Å². The van der Waals surface area contributed by atoms with Crippen molar-refractivity contribution >= 4 is 11.6 Å². The van der Waals surface area contributed by atoms with Crippen LogP contribution in [0.2, 0.25) is 0 Å². The van der Waals surface area contributed by atoms with E-state index >= 15 is 0 Å². The van der Waals surface area contributed by atoms with Gasteiger partial charge in [0.2, 0.25) is 5.91 Å². The number of carbonyl (C=O) groups excluding carboxylic acids is 1. The van der Waals surface area contributed by atoms with E-state index < -0.39 is 11.9 Å². The van der Waals surface area contributed by atoms with Gasteiger partial charge >= 0.3 is 0 Å². The fourth-order valence-corrected chi connectivity index (χ4v) is 2.77. The molecule has 6 nitrogen and oxygen atoms in total. The first-order valence-corrected chi connectivity index (χ1v) is 7.51. The molecule has 23 heavy (non-hydrogen) atoms. The lowest BCUT2D eigenvalue weighted by Crippen LogP contribution is -2.34. The molecule has 0 unspecified atom stereocenters. The predicted molar refractivity (Wildman–Crippen MR) is 85.9 cm³/mol. The predicted octanol–water partition coefficient (Wildman–Crippen LogP) is 1.14. The lowest BCUT2D eigenvalue weighted by atomic mass is 10.2. The van der Waals surface area contributed by atoms with Crippen LogP contribution < -0.4 is 10.6 Å². The maximum absolute atomic E-state index is 14.5. The van der Waals surface area contributed by atoms with Crippen molar-refractivity contribution in [3.05, 3.63) is 42.2 Å². The molecule has 1 amide bonds. The highest BCUT2D eigenvalue weighted by Gasteiger charge is 2.31. The van der Waals surface area contributed by atoms with Crippen LogP contribution >= 0.6 is 0 Å². The van der Waals surface area contributed by atoms with Crippen molar-refractivity contribution in [1.82, 2.24) is 14.5 Å². The molecule has 1 fully saturated rings. The number of nitrogens with two attached hydrogens (primary N) is 1. The third-order valence-electron chi connectivity index (χ3n) is 3.92. The lowest BCUT2D eigenvalue weighted by molar-refractivity contribution is -0.118. The fraction of sp³-hybridized carbons (Fsp3) is 0.375. The standard InChI is InChI=1S/C16H20FN5O/c1-20(2)10-15-19-6-8-21(15)11-3-4-14(12(17)9-11)22-7-5-13(18)16(22)23/h3-4,6,8-9,13H,5,7,10,18H2,1-2H3/t13-/m0/s1. The number of carbonyl (C=O) groups is 1. The number of anilines is 1. The van der Waals surface area contributed by atoms with Gasteiger partial charge in [-0.2, -0.15) is 0 Å². The molecule has 2 N–H and O–H groups in total. The normalized spacial score (nSPS) is 18.2. The topological polar surface area (TPSA) is 67.4 Å². The number of amides is 1. The highest BCUT2D eigenvalue weighted by atomic mass is 19.1. The Bertz CT molecular complexity index is 727. The summed E-state index contributed by atoms with van der Waals surface area (Å²) in [4.78, 5) is 19.7. The zero-order chi connectivity index (χ0) is 16.6. The SMILES string of the molecule is CN(C)Cc1nccn1-c1ccc(N2CC[C@H](N)C2=O)c(F)c1. The monoisotopic (exact) mass is 317 g/mol. The Hall–Kier alpha value is -2.25. The molecule has 0 radical (unpaired) electrons. The van der Waals surface area contributed by atoms with Crippen molar-refractivity contribution in [1.29, 1.82) is 0 Å². The number of nitrogens with zero attached hydrogens (tertiary/aromatic N) is 4. The minimum absolute atomic E-state index is 0.229. The lowest BCUT2D eigenvalue weighted by Gasteiger charge is -2.18. The van der Waals surface area contributed by atoms with Gasteiger partial charge in [0.05, 0.1) is 18.3 Å². The maximum Gasteiger partial charge on any atom is 0.244 e. The van der Waals surface area contributed by atoms with Crippen LogP contribution in [0.3, 0.4) is 0 Å². The minimum Gasteiger partial charge on any atom is -0.320 e. The Morgan fingerprint density at radius 3 is 2.83 bits per heavy atom. The summed E-state index contributed by atoms with van der Waals surface area (Å²) in [5.74, 6) is 0.156. The van der Waals surface area contributed by atoms with Gasteiger partial charge in [-0.1, -0.05) is 0 Å². The Labute approximate surface area is 134 Å². The quantitative estimate of drug-likeness (QED) is 0.918. The van der Waals surface area contributed by atoms with Crippen molar-refractivity contribution in [2.45, 2.75) is 19.0 Å². The average molecular weight is 317 g/mol. The van der Waals surface area contributed by atoms with Gasteiger partial charge in [-0.3, -0.25) is 4.79 Å². The second-order valence-corrected chi connectivity index (χ2v) is 5.97. The highest BCUT2D eigenvalue weighted by Crippen LogP contribution is 2.26. The van der Waals surface area contributed by atoms with E-state index in [0.29, 0.717) is 25.2 Å². The maximum atomic E-state index is 14.5. The highest BCUT2D eigenvalue weighted by molar-refractivity contribution is 5.99. The summed E-state index contributed by atoms with van der Waals surface area (Å²) in [6.45, 7) is 1.10. The van der Waals surface area contributed by atoms with Crippen molar-refractivity contribution in [3.63, 3.8) is 0 Å². The van der Waals surface area contributed by atoms with Crippen LogP contribution in [0.5, 0.6) is 0 Å². The number of benzene rings is 1. The van der Waals surface area contributed by atoms with E-state index in [1.54, 1.807) is 24.5 Å². The molecule has 122 valence electrons. The second kappa shape index (κ2) is 6.10. The number of imidazole rings is 1. The van der Waals surface area contributed by atoms with Crippen LogP contribution in [0.25, 0.3) is 5.69 Å². The summed E-state index contributed by atoms with van der Waals surface area (Å²) in [5, 5.41) is 0. The Kier molecular flexibility index (Phi) is 4.14. The number of rotatable bonds is 4. The van der Waals surface area contributed by atoms with E-state index in [-0.39, 0.29) is 11.6 Å². The number of hydrogen-bond donors (Lipinski definition) is 1. The van der Waals surface area contributed by atoms with Gasteiger partial charge in [-0.15, -0.1) is 0 Å². The van der Waals surface area contributed by atoms with Crippen molar-refractivity contribution in [2.24, 2.45) is 5.73 Å². The largest absolute Gasteiger partial charge is 0.320 e. The number of halogens is 1. The van der Waals surface area contributed by atoms with E-state index in [9.17, 15) is 9.18 Å². The third kappa shape index (κ3) is 2.97. The van der Waals surface area contributed by atoms with E-state index in [4.69, 9.17) is 5.73 Å². The Balaban J connectivity index is 1.91. The van der Waals surface area contributed by atoms with E-state index in [2.05, 4.69) is 4.98 Å². The van der Waals surface area contributed by atoms with Gasteiger partial charge in [-0.25, -0.2) is 9.37 Å². The molecule has 1 aliphatic rings. The summed E-state index contributed by atoms with van der Waals surface area (Å²) in [6, 6.07) is 4.30. The molecule has 2 heterocycles. The molecule has 1 aliphatic heterocycles. The van der Waals surface area contributed by atoms with Crippen LogP contribution in [-0.4, -0.2) is 47.0 Å². The molecular weight excluding hydrogens is 297 g/mol. The van der Waals surface area contributed by atoms with Gasteiger partial charge in [-0.05, 0) is 32.6 Å². The first-order chi connectivity index (χ1) is 11.0. The minimum atomic E-state index is -0.533. The average Bonchev–Trinajstić information content (AvgIpc) is 3.07. The summed E-state index contributed by atoms with van der Waals surface area (Å²) < 4.78 is 16.3. The molecule has 3 rings (SSSR count). The van der Waals surface area contributed by atoms with Crippen molar-refractivity contribution in [3.8, 4) is 5.69 Å². The van der Waals surface area contributed by atoms with E-state index in [1.165, 1.54) is 11.0 Å². The molecule has 0 spiro atoms. The summed E-state index contributed by atoms with van der Waals surface area (Å²) in [5.41, 5.74) is 6.65. The van der Waals surface area contributed by atoms with Crippen LogP contribution in [-0.2, 0) is 11.3 Å². The number of hydrogen-bond acceptors (Lipinski definition) is 4. The summed E-state index contributed by atoms with van der Waals surface area (Å²) >= 11 is 0. The molecule has 1 aromatic carbocycles. The van der Waals surface area contributed by atoms with Gasteiger partial charge in [0.1, 0.15) is 11.6 Å². The van der Waals surface area contributed by atoms with Crippen molar-refractivity contribution < 1.29 is 9.18 Å². The van der Waals surface area contributed by atoms with Gasteiger partial charge in [0.25, 0.3) is 0 Å². The third-order valence-corrected chi connectivity index (χ3v) is 3.92. The van der Waals surface area contributed by atoms with Gasteiger partial charge < -0.3 is 20.1 Å². The Morgan fingerprint density at radius 1 is 1.43 bits per heavy atom. The summed E-state index contributed by atoms with van der Waals surface area (Å²) in [7, 11) is 3.90. The molecule has 0 aliphatic carbocycles. The molecule has 1 saturated heterocycles. The zero-order valence-corrected chi connectivity index (χ0v) is 13.2. The van der Waals surface area contributed by atoms with Crippen LogP contribution in [0.4, 0.5) is 10.1 Å². The molecule has 1 atom stereocenters. The van der Waals surface area contributed by atoms with Gasteiger partial charge in [0.15, 0.2) is 0 Å². The van der Waals surface area contributed by atoms with Crippen LogP contribution in [0.15, 0.2) is 30.6 Å². The molecule has 2 aromatic rings. The van der Waals surface area contributed by atoms with Crippen LogP contribution in [0, 0.1) is 5.82 Å². The number of aromatic nitrogens is 2. The first-order valence-electron chi connectivity index (χ1n) is 7.51. The first kappa shape index (κ1) is 15.6. The summed E-state index contributed by atoms with van der Waals surface area (Å²) in [6.07, 6.45) is 4.03. The Morgan fingerprint density at radius 2 is 2.22 bits per heavy atom. The van der Waals surface area contributed by atoms with Crippen molar-refractivity contribution in [2.75, 3.05) is 25.5 Å². The van der Waals surface area contributed by atoms with Crippen LogP contribution in [0.1, 0.15) is 12.2 Å². The fourth-order valence-electron chi connectivity index (χ4n) is 2.77. The molecule has 7 heteroatoms. The molecule has 0 bridgehead atoms. The molecular formula is C16H20FN5O. The second-order valence-electron chi connectivity index (χ2n) is 5.97. The smallest absolute Gasteiger partial charge is 0.244 e. The molecule has 0 saturated carbocycles.